The van der Waals surface area contributed by atoms with E-state index in [9.17, 15) is 0 Å². The summed E-state index contributed by atoms with van der Waals surface area (Å²) in [5, 5.41) is 3.37. The molecule has 2 heterocycles. The van der Waals surface area contributed by atoms with Gasteiger partial charge in [-0.05, 0) is 44.9 Å². The van der Waals surface area contributed by atoms with Gasteiger partial charge in [0.1, 0.15) is 5.82 Å². The molecule has 100 valence electrons. The van der Waals surface area contributed by atoms with Crippen LogP contribution in [0.1, 0.15) is 37.4 Å². The Hall–Kier alpha value is -1.68. The highest BCUT2D eigenvalue weighted by atomic mass is 14.9. The molecule has 1 fully saturated rings. The Kier molecular flexibility index (Phi) is 3.60. The van der Waals surface area contributed by atoms with E-state index in [1.54, 1.807) is 0 Å². The lowest BCUT2D eigenvalue weighted by Crippen LogP contribution is -2.29. The number of aromatic nitrogens is 3. The van der Waals surface area contributed by atoms with Crippen molar-refractivity contribution in [2.45, 2.75) is 37.6 Å². The molecular formula is C15H20N4. The average molecular weight is 256 g/mol. The summed E-state index contributed by atoms with van der Waals surface area (Å²) in [6.07, 6.45) is 10.5. The minimum absolute atomic E-state index is 0.584. The SMILES string of the molecule is CNC1CCC(c2ncc(-c3ccncc3)[nH]2)CC1. The third kappa shape index (κ3) is 2.68. The van der Waals surface area contributed by atoms with Gasteiger partial charge in [-0.25, -0.2) is 4.98 Å². The van der Waals surface area contributed by atoms with Crippen LogP contribution in [0.4, 0.5) is 0 Å². The van der Waals surface area contributed by atoms with Crippen LogP contribution in [0, 0.1) is 0 Å². The van der Waals surface area contributed by atoms with Crippen LogP contribution in [0.25, 0.3) is 11.3 Å². The lowest BCUT2D eigenvalue weighted by atomic mass is 9.86. The molecule has 2 aromatic rings. The first kappa shape index (κ1) is 12.4. The zero-order valence-corrected chi connectivity index (χ0v) is 11.3. The van der Waals surface area contributed by atoms with Gasteiger partial charge >= 0.3 is 0 Å². The second kappa shape index (κ2) is 5.53. The highest BCUT2D eigenvalue weighted by Gasteiger charge is 2.23. The predicted molar refractivity (Wildman–Crippen MR) is 75.9 cm³/mol. The van der Waals surface area contributed by atoms with Gasteiger partial charge in [0.25, 0.3) is 0 Å². The smallest absolute Gasteiger partial charge is 0.109 e. The van der Waals surface area contributed by atoms with Gasteiger partial charge in [0.05, 0.1) is 11.9 Å². The number of hydrogen-bond acceptors (Lipinski definition) is 3. The maximum atomic E-state index is 4.57. The summed E-state index contributed by atoms with van der Waals surface area (Å²) >= 11 is 0. The van der Waals surface area contributed by atoms with E-state index in [-0.39, 0.29) is 0 Å². The largest absolute Gasteiger partial charge is 0.342 e. The highest BCUT2D eigenvalue weighted by molar-refractivity contribution is 5.57. The second-order valence-electron chi connectivity index (χ2n) is 5.26. The Bertz CT molecular complexity index is 512. The van der Waals surface area contributed by atoms with E-state index < -0.39 is 0 Å². The molecule has 0 atom stereocenters. The van der Waals surface area contributed by atoms with E-state index in [0.29, 0.717) is 12.0 Å². The molecule has 2 aromatic heterocycles. The second-order valence-corrected chi connectivity index (χ2v) is 5.26. The van der Waals surface area contributed by atoms with E-state index >= 15 is 0 Å². The number of nitrogens with zero attached hydrogens (tertiary/aromatic N) is 2. The van der Waals surface area contributed by atoms with Crippen LogP contribution < -0.4 is 5.32 Å². The van der Waals surface area contributed by atoms with Crippen LogP contribution in [-0.2, 0) is 0 Å². The summed E-state index contributed by atoms with van der Waals surface area (Å²) in [6, 6.07) is 4.70. The zero-order valence-electron chi connectivity index (χ0n) is 11.3. The zero-order chi connectivity index (χ0) is 13.1. The molecular weight excluding hydrogens is 236 g/mol. The molecule has 0 saturated heterocycles. The van der Waals surface area contributed by atoms with E-state index in [2.05, 4.69) is 27.3 Å². The Labute approximate surface area is 113 Å². The number of hydrogen-bond donors (Lipinski definition) is 2. The normalized spacial score (nSPS) is 23.4. The minimum Gasteiger partial charge on any atom is -0.342 e. The van der Waals surface area contributed by atoms with Crippen molar-refractivity contribution >= 4 is 0 Å². The fourth-order valence-corrected chi connectivity index (χ4v) is 2.88. The Morgan fingerprint density at radius 2 is 1.89 bits per heavy atom. The Morgan fingerprint density at radius 1 is 1.16 bits per heavy atom. The molecule has 0 bridgehead atoms. The maximum absolute atomic E-state index is 4.57. The predicted octanol–water partition coefficient (Wildman–Crippen LogP) is 2.72. The van der Waals surface area contributed by atoms with E-state index in [0.717, 1.165) is 17.1 Å². The van der Waals surface area contributed by atoms with Crippen molar-refractivity contribution in [3.05, 3.63) is 36.5 Å². The molecule has 0 amide bonds. The standard InChI is InChI=1S/C15H20N4/c1-16-13-4-2-12(3-5-13)15-18-10-14(19-15)11-6-8-17-9-7-11/h6-10,12-13,16H,2-5H2,1H3,(H,18,19). The monoisotopic (exact) mass is 256 g/mol. The fraction of sp³-hybridized carbons (Fsp3) is 0.467. The summed E-state index contributed by atoms with van der Waals surface area (Å²) in [5.41, 5.74) is 2.24. The fourth-order valence-electron chi connectivity index (χ4n) is 2.88. The lowest BCUT2D eigenvalue weighted by Gasteiger charge is -2.26. The lowest BCUT2D eigenvalue weighted by molar-refractivity contribution is 0.352. The maximum Gasteiger partial charge on any atom is 0.109 e. The van der Waals surface area contributed by atoms with Crippen molar-refractivity contribution < 1.29 is 0 Å². The summed E-state index contributed by atoms with van der Waals surface area (Å²) in [7, 11) is 2.05. The topological polar surface area (TPSA) is 53.6 Å². The molecule has 19 heavy (non-hydrogen) atoms. The van der Waals surface area contributed by atoms with Gasteiger partial charge in [-0.15, -0.1) is 0 Å². The molecule has 1 aliphatic carbocycles. The van der Waals surface area contributed by atoms with E-state index in [4.69, 9.17) is 0 Å². The first-order valence-electron chi connectivity index (χ1n) is 6.99. The number of pyridine rings is 1. The number of aromatic amines is 1. The van der Waals surface area contributed by atoms with Crippen molar-refractivity contribution in [2.24, 2.45) is 0 Å². The van der Waals surface area contributed by atoms with Gasteiger partial charge in [0.15, 0.2) is 0 Å². The third-order valence-corrected chi connectivity index (χ3v) is 4.11. The molecule has 0 unspecified atom stereocenters. The van der Waals surface area contributed by atoms with Crippen molar-refractivity contribution in [1.29, 1.82) is 0 Å². The number of nitrogens with one attached hydrogen (secondary N) is 2. The first-order valence-corrected chi connectivity index (χ1v) is 6.99. The van der Waals surface area contributed by atoms with E-state index in [1.807, 2.05) is 30.7 Å². The van der Waals surface area contributed by atoms with E-state index in [1.165, 1.54) is 25.7 Å². The van der Waals surface area contributed by atoms with Crippen molar-refractivity contribution in [1.82, 2.24) is 20.3 Å². The summed E-state index contributed by atoms with van der Waals surface area (Å²) < 4.78 is 0. The van der Waals surface area contributed by atoms with Crippen LogP contribution in [0.15, 0.2) is 30.7 Å². The van der Waals surface area contributed by atoms with Crippen LogP contribution in [0.3, 0.4) is 0 Å². The van der Waals surface area contributed by atoms with Gasteiger partial charge in [-0.3, -0.25) is 4.98 Å². The average Bonchev–Trinajstić information content (AvgIpc) is 2.98. The third-order valence-electron chi connectivity index (χ3n) is 4.11. The van der Waals surface area contributed by atoms with Gasteiger partial charge < -0.3 is 10.3 Å². The van der Waals surface area contributed by atoms with Gasteiger partial charge in [0, 0.05) is 29.9 Å². The number of rotatable bonds is 3. The summed E-state index contributed by atoms with van der Waals surface area (Å²) in [4.78, 5) is 12.1. The number of imidazole rings is 1. The first-order chi connectivity index (χ1) is 9.36. The van der Waals surface area contributed by atoms with Gasteiger partial charge in [0.2, 0.25) is 0 Å². The van der Waals surface area contributed by atoms with Crippen molar-refractivity contribution in [3.63, 3.8) is 0 Å². The molecule has 0 aromatic carbocycles. The van der Waals surface area contributed by atoms with Crippen LogP contribution in [0.2, 0.25) is 0 Å². The molecule has 1 aliphatic rings. The van der Waals surface area contributed by atoms with Gasteiger partial charge in [-0.1, -0.05) is 0 Å². The van der Waals surface area contributed by atoms with Crippen LogP contribution in [0.5, 0.6) is 0 Å². The molecule has 3 rings (SSSR count). The molecule has 2 N–H and O–H groups in total. The quantitative estimate of drug-likeness (QED) is 0.887. The molecule has 0 spiro atoms. The molecule has 0 radical (unpaired) electrons. The summed E-state index contributed by atoms with van der Waals surface area (Å²) in [6.45, 7) is 0. The van der Waals surface area contributed by atoms with Crippen LogP contribution in [-0.4, -0.2) is 28.0 Å². The molecule has 0 aliphatic heterocycles. The number of H-pyrrole nitrogens is 1. The highest BCUT2D eigenvalue weighted by Crippen LogP contribution is 2.32. The van der Waals surface area contributed by atoms with Crippen LogP contribution >= 0.6 is 0 Å². The minimum atomic E-state index is 0.584. The molecule has 1 saturated carbocycles. The van der Waals surface area contributed by atoms with Gasteiger partial charge in [-0.2, -0.15) is 0 Å². The Balaban J connectivity index is 1.72. The molecule has 4 nitrogen and oxygen atoms in total. The van der Waals surface area contributed by atoms with Crippen molar-refractivity contribution in [3.8, 4) is 11.3 Å². The summed E-state index contributed by atoms with van der Waals surface area (Å²) in [5.74, 6) is 1.72. The van der Waals surface area contributed by atoms with Crippen molar-refractivity contribution in [2.75, 3.05) is 7.05 Å². The Morgan fingerprint density at radius 3 is 2.58 bits per heavy atom. The molecule has 4 heteroatoms.